The quantitative estimate of drug-likeness (QED) is 0.793. The largest absolute Gasteiger partial charge is 0.489 e. The average Bonchev–Trinajstić information content (AvgIpc) is 2.52. The van der Waals surface area contributed by atoms with Crippen LogP contribution in [0.1, 0.15) is 13.8 Å². The molecule has 5 nitrogen and oxygen atoms in total. The van der Waals surface area contributed by atoms with E-state index in [2.05, 4.69) is 30.1 Å². The summed E-state index contributed by atoms with van der Waals surface area (Å²) in [5.41, 5.74) is 1.07. The third kappa shape index (κ3) is 5.19. The highest BCUT2D eigenvalue weighted by molar-refractivity contribution is 5.58. The molecule has 0 bridgehead atoms. The highest BCUT2D eigenvalue weighted by Crippen LogP contribution is 2.28. The first-order valence-electron chi connectivity index (χ1n) is 7.63. The van der Waals surface area contributed by atoms with Gasteiger partial charge in [0.2, 0.25) is 0 Å². The Morgan fingerprint density at radius 3 is 2.71 bits per heavy atom. The molecule has 5 heteroatoms. The Balaban J connectivity index is 1.90. The molecule has 1 aliphatic heterocycles. The predicted molar refractivity (Wildman–Crippen MR) is 84.1 cm³/mol. The van der Waals surface area contributed by atoms with Crippen LogP contribution in [-0.4, -0.2) is 56.7 Å². The number of para-hydroxylation sites is 2. The van der Waals surface area contributed by atoms with E-state index in [-0.39, 0.29) is 0 Å². The van der Waals surface area contributed by atoms with Crippen molar-refractivity contribution in [3.8, 4) is 5.75 Å². The van der Waals surface area contributed by atoms with E-state index in [1.807, 2.05) is 18.2 Å². The van der Waals surface area contributed by atoms with E-state index in [9.17, 15) is 5.11 Å². The Kier molecular flexibility index (Phi) is 6.29. The van der Waals surface area contributed by atoms with Gasteiger partial charge in [-0.15, -0.1) is 0 Å². The van der Waals surface area contributed by atoms with Crippen LogP contribution in [0.3, 0.4) is 0 Å². The summed E-state index contributed by atoms with van der Waals surface area (Å²) >= 11 is 0. The number of hydrogen-bond acceptors (Lipinski definition) is 5. The van der Waals surface area contributed by atoms with Gasteiger partial charge in [-0.05, 0) is 12.1 Å². The van der Waals surface area contributed by atoms with Crippen LogP contribution in [0.5, 0.6) is 5.75 Å². The van der Waals surface area contributed by atoms with Crippen molar-refractivity contribution in [1.82, 2.24) is 5.32 Å². The van der Waals surface area contributed by atoms with Gasteiger partial charge in [0.05, 0.1) is 18.9 Å². The molecule has 21 heavy (non-hydrogen) atoms. The van der Waals surface area contributed by atoms with Crippen molar-refractivity contribution in [3.63, 3.8) is 0 Å². The minimum absolute atomic E-state index is 0.293. The lowest BCUT2D eigenvalue weighted by atomic mass is 10.2. The molecular weight excluding hydrogens is 268 g/mol. The molecule has 0 aliphatic carbocycles. The smallest absolute Gasteiger partial charge is 0.142 e. The van der Waals surface area contributed by atoms with Gasteiger partial charge in [0.25, 0.3) is 0 Å². The number of rotatable bonds is 7. The average molecular weight is 294 g/mol. The van der Waals surface area contributed by atoms with Gasteiger partial charge in [0, 0.05) is 25.7 Å². The number of anilines is 1. The van der Waals surface area contributed by atoms with Crippen molar-refractivity contribution in [2.75, 3.05) is 44.4 Å². The third-order valence-corrected chi connectivity index (χ3v) is 3.41. The van der Waals surface area contributed by atoms with E-state index in [0.29, 0.717) is 19.2 Å². The van der Waals surface area contributed by atoms with Crippen molar-refractivity contribution >= 4 is 5.69 Å². The molecule has 1 aliphatic rings. The lowest BCUT2D eigenvalue weighted by Crippen LogP contribution is -2.37. The summed E-state index contributed by atoms with van der Waals surface area (Å²) in [6.07, 6.45) is -0.509. The van der Waals surface area contributed by atoms with E-state index in [0.717, 1.165) is 37.7 Å². The molecule has 0 saturated carbocycles. The van der Waals surface area contributed by atoms with E-state index < -0.39 is 6.10 Å². The molecule has 1 aromatic rings. The zero-order valence-electron chi connectivity index (χ0n) is 12.9. The van der Waals surface area contributed by atoms with Gasteiger partial charge < -0.3 is 24.8 Å². The fourth-order valence-corrected chi connectivity index (χ4v) is 2.26. The van der Waals surface area contributed by atoms with Crippen LogP contribution in [0.4, 0.5) is 5.69 Å². The van der Waals surface area contributed by atoms with Gasteiger partial charge in [0.1, 0.15) is 18.5 Å². The predicted octanol–water partition coefficient (Wildman–Crippen LogP) is 1.26. The zero-order chi connectivity index (χ0) is 15.1. The van der Waals surface area contributed by atoms with Gasteiger partial charge in [-0.2, -0.15) is 0 Å². The molecular formula is C16H26N2O3. The van der Waals surface area contributed by atoms with Gasteiger partial charge in [-0.3, -0.25) is 0 Å². The molecule has 1 heterocycles. The zero-order valence-corrected chi connectivity index (χ0v) is 12.9. The number of benzene rings is 1. The summed E-state index contributed by atoms with van der Waals surface area (Å²) in [6, 6.07) is 8.33. The van der Waals surface area contributed by atoms with Crippen molar-refractivity contribution in [2.24, 2.45) is 0 Å². The first-order valence-corrected chi connectivity index (χ1v) is 7.63. The summed E-state index contributed by atoms with van der Waals surface area (Å²) in [6.45, 7) is 8.18. The summed E-state index contributed by atoms with van der Waals surface area (Å²) in [5.74, 6) is 0.822. The van der Waals surface area contributed by atoms with Crippen molar-refractivity contribution in [2.45, 2.75) is 26.0 Å². The number of hydrogen-bond donors (Lipinski definition) is 2. The Morgan fingerprint density at radius 1 is 1.29 bits per heavy atom. The highest BCUT2D eigenvalue weighted by Gasteiger charge is 2.16. The summed E-state index contributed by atoms with van der Waals surface area (Å²) < 4.78 is 11.2. The van der Waals surface area contributed by atoms with E-state index in [1.165, 1.54) is 0 Å². The second kappa shape index (κ2) is 8.22. The van der Waals surface area contributed by atoms with E-state index >= 15 is 0 Å². The number of aliphatic hydroxyl groups is 1. The van der Waals surface area contributed by atoms with Crippen LogP contribution in [0.25, 0.3) is 0 Å². The van der Waals surface area contributed by atoms with Crippen LogP contribution in [0.2, 0.25) is 0 Å². The minimum atomic E-state index is -0.509. The van der Waals surface area contributed by atoms with E-state index in [1.54, 1.807) is 0 Å². The van der Waals surface area contributed by atoms with Crippen molar-refractivity contribution in [3.05, 3.63) is 24.3 Å². The first-order chi connectivity index (χ1) is 10.2. The Bertz CT molecular complexity index is 420. The summed E-state index contributed by atoms with van der Waals surface area (Å²) in [7, 11) is 0. The van der Waals surface area contributed by atoms with Crippen LogP contribution >= 0.6 is 0 Å². The molecule has 2 N–H and O–H groups in total. The van der Waals surface area contributed by atoms with Crippen LogP contribution in [0.15, 0.2) is 24.3 Å². The molecule has 1 saturated heterocycles. The molecule has 0 amide bonds. The normalized spacial score (nSPS) is 17.0. The van der Waals surface area contributed by atoms with Crippen molar-refractivity contribution in [1.29, 1.82) is 0 Å². The Morgan fingerprint density at radius 2 is 2.00 bits per heavy atom. The van der Waals surface area contributed by atoms with Crippen LogP contribution < -0.4 is 15.0 Å². The molecule has 1 unspecified atom stereocenters. The van der Waals surface area contributed by atoms with Crippen LogP contribution in [-0.2, 0) is 4.74 Å². The minimum Gasteiger partial charge on any atom is -0.489 e. The van der Waals surface area contributed by atoms with Gasteiger partial charge in [-0.1, -0.05) is 26.0 Å². The molecule has 2 rings (SSSR count). The fraction of sp³-hybridized carbons (Fsp3) is 0.625. The maximum absolute atomic E-state index is 9.94. The SMILES string of the molecule is CC(C)NCC(O)COc1ccccc1N1CCOCC1. The number of ether oxygens (including phenoxy) is 2. The molecule has 1 atom stereocenters. The second-order valence-electron chi connectivity index (χ2n) is 5.59. The first kappa shape index (κ1) is 16.1. The molecule has 1 aromatic carbocycles. The number of morpholine rings is 1. The molecule has 0 spiro atoms. The van der Waals surface area contributed by atoms with Crippen LogP contribution in [0, 0.1) is 0 Å². The lowest BCUT2D eigenvalue weighted by molar-refractivity contribution is 0.103. The summed E-state index contributed by atoms with van der Waals surface area (Å²) in [5, 5.41) is 13.1. The Hall–Kier alpha value is -1.30. The molecule has 1 fully saturated rings. The van der Waals surface area contributed by atoms with E-state index in [4.69, 9.17) is 9.47 Å². The maximum Gasteiger partial charge on any atom is 0.142 e. The molecule has 0 radical (unpaired) electrons. The standard InChI is InChI=1S/C16H26N2O3/c1-13(2)17-11-14(19)12-21-16-6-4-3-5-15(16)18-7-9-20-10-8-18/h3-6,13-14,17,19H,7-12H2,1-2H3. The number of nitrogens with zero attached hydrogens (tertiary/aromatic N) is 1. The Labute approximate surface area is 126 Å². The van der Waals surface area contributed by atoms with Gasteiger partial charge in [-0.25, -0.2) is 0 Å². The number of aliphatic hydroxyl groups excluding tert-OH is 1. The highest BCUT2D eigenvalue weighted by atomic mass is 16.5. The monoisotopic (exact) mass is 294 g/mol. The molecule has 0 aromatic heterocycles. The second-order valence-corrected chi connectivity index (χ2v) is 5.59. The lowest BCUT2D eigenvalue weighted by Gasteiger charge is -2.30. The topological polar surface area (TPSA) is 54.0 Å². The summed E-state index contributed by atoms with van der Waals surface area (Å²) in [4.78, 5) is 2.26. The molecule has 118 valence electrons. The maximum atomic E-state index is 9.94. The number of nitrogens with one attached hydrogen (secondary N) is 1. The van der Waals surface area contributed by atoms with Gasteiger partial charge >= 0.3 is 0 Å². The van der Waals surface area contributed by atoms with Crippen molar-refractivity contribution < 1.29 is 14.6 Å². The third-order valence-electron chi connectivity index (χ3n) is 3.41. The van der Waals surface area contributed by atoms with Gasteiger partial charge in [0.15, 0.2) is 0 Å². The fourth-order valence-electron chi connectivity index (χ4n) is 2.26.